The number of rotatable bonds is 3. The van der Waals surface area contributed by atoms with Gasteiger partial charge in [0.05, 0.1) is 11.0 Å². The number of nitrogens with two attached hydrogens (primary N) is 1. The molecule has 0 fully saturated rings. The zero-order chi connectivity index (χ0) is 9.02. The van der Waals surface area contributed by atoms with Crippen LogP contribution in [-0.2, 0) is 4.79 Å². The number of thiocarbonyl (C=S) groups is 1. The zero-order valence-corrected chi connectivity index (χ0v) is 7.94. The van der Waals surface area contributed by atoms with Crippen molar-refractivity contribution in [3.8, 4) is 0 Å². The summed E-state index contributed by atoms with van der Waals surface area (Å²) in [4.78, 5) is 13.0. The highest BCUT2D eigenvalue weighted by Crippen LogP contribution is 1.98. The van der Waals surface area contributed by atoms with E-state index >= 15 is 0 Å². The van der Waals surface area contributed by atoms with Gasteiger partial charge in [0.15, 0.2) is 0 Å². The third-order valence-corrected chi connectivity index (χ3v) is 2.03. The van der Waals surface area contributed by atoms with E-state index < -0.39 is 0 Å². The lowest BCUT2D eigenvalue weighted by Crippen LogP contribution is -2.42. The molecule has 0 spiro atoms. The molecule has 0 saturated heterocycles. The van der Waals surface area contributed by atoms with E-state index in [1.807, 2.05) is 13.8 Å². The van der Waals surface area contributed by atoms with Crippen molar-refractivity contribution in [2.24, 2.45) is 5.73 Å². The molecule has 0 aromatic carbocycles. The van der Waals surface area contributed by atoms with Crippen LogP contribution in [0.15, 0.2) is 0 Å². The Labute approximate surface area is 72.5 Å². The van der Waals surface area contributed by atoms with Crippen LogP contribution >= 0.6 is 12.2 Å². The molecule has 1 atom stereocenters. The van der Waals surface area contributed by atoms with E-state index in [0.29, 0.717) is 11.4 Å². The van der Waals surface area contributed by atoms with E-state index in [2.05, 4.69) is 0 Å². The first-order valence-corrected chi connectivity index (χ1v) is 3.96. The second-order valence-corrected chi connectivity index (χ2v) is 2.91. The van der Waals surface area contributed by atoms with Gasteiger partial charge in [-0.05, 0) is 6.92 Å². The van der Waals surface area contributed by atoms with E-state index in [0.717, 1.165) is 0 Å². The number of carbonyl (C=O) groups is 1. The minimum Gasteiger partial charge on any atom is -0.392 e. The van der Waals surface area contributed by atoms with E-state index in [-0.39, 0.29) is 11.9 Å². The van der Waals surface area contributed by atoms with Crippen LogP contribution in [0.3, 0.4) is 0 Å². The first-order chi connectivity index (χ1) is 5.00. The predicted molar refractivity (Wildman–Crippen MR) is 49.3 cm³/mol. The molecule has 0 aromatic rings. The smallest absolute Gasteiger partial charge is 0.222 e. The van der Waals surface area contributed by atoms with Crippen molar-refractivity contribution in [3.05, 3.63) is 0 Å². The second-order valence-electron chi connectivity index (χ2n) is 2.44. The average Bonchev–Trinajstić information content (AvgIpc) is 2.00. The van der Waals surface area contributed by atoms with Gasteiger partial charge in [0.25, 0.3) is 0 Å². The molecule has 2 N–H and O–H groups in total. The van der Waals surface area contributed by atoms with Crippen LogP contribution in [0.2, 0.25) is 0 Å². The fraction of sp³-hybridized carbons (Fsp3) is 0.714. The molecule has 4 heteroatoms. The van der Waals surface area contributed by atoms with Gasteiger partial charge in [-0.1, -0.05) is 19.1 Å². The number of carbonyl (C=O) groups excluding carboxylic acids is 1. The average molecular weight is 174 g/mol. The molecule has 0 heterocycles. The topological polar surface area (TPSA) is 46.3 Å². The minimum absolute atomic E-state index is 0.0605. The lowest BCUT2D eigenvalue weighted by atomic mass is 10.3. The van der Waals surface area contributed by atoms with Crippen LogP contribution < -0.4 is 5.73 Å². The highest BCUT2D eigenvalue weighted by Gasteiger charge is 2.15. The second kappa shape index (κ2) is 4.28. The SMILES string of the molecule is CCC(=O)N(C)C(C)C(N)=S. The summed E-state index contributed by atoms with van der Waals surface area (Å²) < 4.78 is 0. The highest BCUT2D eigenvalue weighted by atomic mass is 32.1. The molecule has 1 amide bonds. The summed E-state index contributed by atoms with van der Waals surface area (Å²) in [5.74, 6) is 0.0605. The largest absolute Gasteiger partial charge is 0.392 e. The van der Waals surface area contributed by atoms with Gasteiger partial charge in [0, 0.05) is 13.5 Å². The van der Waals surface area contributed by atoms with Crippen molar-refractivity contribution >= 4 is 23.1 Å². The van der Waals surface area contributed by atoms with Gasteiger partial charge >= 0.3 is 0 Å². The first kappa shape index (κ1) is 10.4. The first-order valence-electron chi connectivity index (χ1n) is 3.55. The van der Waals surface area contributed by atoms with Crippen LogP contribution in [0.25, 0.3) is 0 Å². The van der Waals surface area contributed by atoms with Gasteiger partial charge in [-0.25, -0.2) is 0 Å². The molecule has 0 radical (unpaired) electrons. The lowest BCUT2D eigenvalue weighted by Gasteiger charge is -2.23. The summed E-state index contributed by atoms with van der Waals surface area (Å²) in [6.07, 6.45) is 0.490. The van der Waals surface area contributed by atoms with E-state index in [9.17, 15) is 4.79 Å². The lowest BCUT2D eigenvalue weighted by molar-refractivity contribution is -0.130. The molecule has 0 rings (SSSR count). The maximum absolute atomic E-state index is 11.1. The zero-order valence-electron chi connectivity index (χ0n) is 7.13. The maximum Gasteiger partial charge on any atom is 0.222 e. The van der Waals surface area contributed by atoms with Crippen LogP contribution in [0.4, 0.5) is 0 Å². The van der Waals surface area contributed by atoms with Crippen LogP contribution in [0.1, 0.15) is 20.3 Å². The number of hydrogen-bond donors (Lipinski definition) is 1. The van der Waals surface area contributed by atoms with Crippen molar-refractivity contribution in [1.29, 1.82) is 0 Å². The van der Waals surface area contributed by atoms with Gasteiger partial charge in [0.2, 0.25) is 5.91 Å². The third kappa shape index (κ3) is 2.84. The molecule has 64 valence electrons. The Morgan fingerprint density at radius 2 is 2.18 bits per heavy atom. The predicted octanol–water partition coefficient (Wildman–Crippen LogP) is 0.529. The molecule has 11 heavy (non-hydrogen) atoms. The Balaban J connectivity index is 4.12. The third-order valence-electron chi connectivity index (χ3n) is 1.69. The van der Waals surface area contributed by atoms with Crippen molar-refractivity contribution in [1.82, 2.24) is 4.90 Å². The Morgan fingerprint density at radius 1 is 1.73 bits per heavy atom. The summed E-state index contributed by atoms with van der Waals surface area (Å²) in [6, 6.07) is -0.141. The van der Waals surface area contributed by atoms with Crippen molar-refractivity contribution in [2.75, 3.05) is 7.05 Å². The molecule has 0 aliphatic carbocycles. The van der Waals surface area contributed by atoms with Gasteiger partial charge in [-0.2, -0.15) is 0 Å². The van der Waals surface area contributed by atoms with Crippen molar-refractivity contribution < 1.29 is 4.79 Å². The Hall–Kier alpha value is -0.640. The quantitative estimate of drug-likeness (QED) is 0.635. The Bertz CT molecular complexity index is 170. The van der Waals surface area contributed by atoms with Crippen LogP contribution in [-0.4, -0.2) is 28.9 Å². The molecule has 0 aromatic heterocycles. The van der Waals surface area contributed by atoms with Gasteiger partial charge < -0.3 is 10.6 Å². The van der Waals surface area contributed by atoms with E-state index in [4.69, 9.17) is 18.0 Å². The molecular weight excluding hydrogens is 160 g/mol. The molecule has 0 bridgehead atoms. The highest BCUT2D eigenvalue weighted by molar-refractivity contribution is 7.80. The number of likely N-dealkylation sites (N-methyl/N-ethyl adjacent to an activating group) is 1. The molecule has 0 aliphatic rings. The summed E-state index contributed by atoms with van der Waals surface area (Å²) in [5.41, 5.74) is 5.37. The maximum atomic E-state index is 11.1. The summed E-state index contributed by atoms with van der Waals surface area (Å²) in [7, 11) is 1.70. The van der Waals surface area contributed by atoms with Gasteiger partial charge in [-0.15, -0.1) is 0 Å². The molecular formula is C7H14N2OS. The minimum atomic E-state index is -0.141. The molecule has 1 unspecified atom stereocenters. The van der Waals surface area contributed by atoms with Gasteiger partial charge in [0.1, 0.15) is 0 Å². The van der Waals surface area contributed by atoms with E-state index in [1.54, 1.807) is 11.9 Å². The number of hydrogen-bond acceptors (Lipinski definition) is 2. The summed E-state index contributed by atoms with van der Waals surface area (Å²) >= 11 is 4.75. The Morgan fingerprint density at radius 3 is 2.45 bits per heavy atom. The summed E-state index contributed by atoms with van der Waals surface area (Å²) in [6.45, 7) is 3.63. The Kier molecular flexibility index (Phi) is 4.03. The van der Waals surface area contributed by atoms with E-state index in [1.165, 1.54) is 0 Å². The van der Waals surface area contributed by atoms with Gasteiger partial charge in [-0.3, -0.25) is 4.79 Å². The van der Waals surface area contributed by atoms with Crippen molar-refractivity contribution in [2.45, 2.75) is 26.3 Å². The fourth-order valence-electron chi connectivity index (χ4n) is 0.656. The summed E-state index contributed by atoms with van der Waals surface area (Å²) in [5, 5.41) is 0. The fourth-order valence-corrected chi connectivity index (χ4v) is 0.814. The molecule has 0 saturated carbocycles. The van der Waals surface area contributed by atoms with Crippen LogP contribution in [0.5, 0.6) is 0 Å². The van der Waals surface area contributed by atoms with Crippen LogP contribution in [0, 0.1) is 0 Å². The number of nitrogens with zero attached hydrogens (tertiary/aromatic N) is 1. The standard InChI is InChI=1S/C7H14N2OS/c1-4-6(10)9(3)5(2)7(8)11/h5H,4H2,1-3H3,(H2,8,11). The molecule has 0 aliphatic heterocycles. The number of amides is 1. The monoisotopic (exact) mass is 174 g/mol. The molecule has 3 nitrogen and oxygen atoms in total. The van der Waals surface area contributed by atoms with Crippen molar-refractivity contribution in [3.63, 3.8) is 0 Å². The normalized spacial score (nSPS) is 12.3.